The summed E-state index contributed by atoms with van der Waals surface area (Å²) >= 11 is 0. The Morgan fingerprint density at radius 3 is 2.88 bits per heavy atom. The molecule has 0 aromatic carbocycles. The molecule has 1 aliphatic rings. The van der Waals surface area contributed by atoms with Crippen LogP contribution in [0.15, 0.2) is 12.4 Å². The monoisotopic (exact) mass is 244 g/mol. The Kier molecular flexibility index (Phi) is 4.92. The summed E-state index contributed by atoms with van der Waals surface area (Å²) in [7, 11) is 1.61. The summed E-state index contributed by atoms with van der Waals surface area (Å²) in [4.78, 5) is 10.7. The van der Waals surface area contributed by atoms with Crippen molar-refractivity contribution < 1.29 is 4.74 Å². The van der Waals surface area contributed by atoms with Crippen LogP contribution >= 0.6 is 12.4 Å². The normalized spacial score (nSPS) is 20.5. The summed E-state index contributed by atoms with van der Waals surface area (Å²) in [6, 6.07) is 0.299. The molecule has 2 rings (SSSR count). The molecule has 0 spiro atoms. The lowest BCUT2D eigenvalue weighted by Gasteiger charge is -2.15. The van der Waals surface area contributed by atoms with Gasteiger partial charge in [-0.2, -0.15) is 0 Å². The minimum absolute atomic E-state index is 0. The molecule has 0 unspecified atom stereocenters. The zero-order chi connectivity index (χ0) is 10.7. The molecule has 90 valence electrons. The second-order valence-electron chi connectivity index (χ2n) is 3.80. The summed E-state index contributed by atoms with van der Waals surface area (Å²) < 4.78 is 5.15. The molecule has 5 nitrogen and oxygen atoms in total. The highest BCUT2D eigenvalue weighted by molar-refractivity contribution is 5.85. The maximum atomic E-state index is 5.84. The molecule has 16 heavy (non-hydrogen) atoms. The highest BCUT2D eigenvalue weighted by atomic mass is 35.5. The summed E-state index contributed by atoms with van der Waals surface area (Å²) in [5.74, 6) is 0.609. The van der Waals surface area contributed by atoms with Gasteiger partial charge in [-0.1, -0.05) is 0 Å². The van der Waals surface area contributed by atoms with Crippen molar-refractivity contribution in [2.45, 2.75) is 19.0 Å². The van der Waals surface area contributed by atoms with Crippen LogP contribution in [0.1, 0.15) is 12.1 Å². The average Bonchev–Trinajstić information content (AvgIpc) is 2.65. The van der Waals surface area contributed by atoms with E-state index in [1.165, 1.54) is 0 Å². The number of likely N-dealkylation sites (tertiary alicyclic amines) is 1. The molecule has 6 heteroatoms. The number of rotatable bonds is 3. The minimum atomic E-state index is 0. The van der Waals surface area contributed by atoms with E-state index in [0.717, 1.165) is 31.7 Å². The van der Waals surface area contributed by atoms with E-state index in [4.69, 9.17) is 10.5 Å². The second kappa shape index (κ2) is 5.98. The molecule has 0 saturated carbocycles. The number of hydrogen-bond donors (Lipinski definition) is 1. The molecule has 2 heterocycles. The maximum absolute atomic E-state index is 5.84. The topological polar surface area (TPSA) is 64.3 Å². The molecule has 0 bridgehead atoms. The van der Waals surface area contributed by atoms with Crippen LogP contribution in [-0.2, 0) is 6.54 Å². The number of hydrogen-bond acceptors (Lipinski definition) is 5. The third-order valence-corrected chi connectivity index (χ3v) is 2.61. The predicted molar refractivity (Wildman–Crippen MR) is 63.7 cm³/mol. The molecule has 1 aliphatic heterocycles. The Morgan fingerprint density at radius 1 is 1.50 bits per heavy atom. The lowest BCUT2D eigenvalue weighted by molar-refractivity contribution is 0.308. The van der Waals surface area contributed by atoms with E-state index in [1.807, 2.05) is 0 Å². The Hall–Kier alpha value is -0.910. The fourth-order valence-electron chi connectivity index (χ4n) is 1.85. The van der Waals surface area contributed by atoms with Gasteiger partial charge in [-0.05, 0) is 6.42 Å². The van der Waals surface area contributed by atoms with Gasteiger partial charge in [0.1, 0.15) is 5.69 Å². The smallest absolute Gasteiger partial charge is 0.236 e. The van der Waals surface area contributed by atoms with Crippen molar-refractivity contribution in [2.75, 3.05) is 20.2 Å². The van der Waals surface area contributed by atoms with Crippen molar-refractivity contribution in [1.82, 2.24) is 14.9 Å². The van der Waals surface area contributed by atoms with E-state index < -0.39 is 0 Å². The quantitative estimate of drug-likeness (QED) is 0.836. The van der Waals surface area contributed by atoms with Crippen molar-refractivity contribution in [1.29, 1.82) is 0 Å². The molecule has 1 aromatic rings. The first kappa shape index (κ1) is 13.2. The highest BCUT2D eigenvalue weighted by Gasteiger charge is 2.20. The fourth-order valence-corrected chi connectivity index (χ4v) is 1.85. The lowest BCUT2D eigenvalue weighted by Crippen LogP contribution is -2.26. The Bertz CT molecular complexity index is 336. The van der Waals surface area contributed by atoms with Gasteiger partial charge in [-0.15, -0.1) is 12.4 Å². The third kappa shape index (κ3) is 3.04. The van der Waals surface area contributed by atoms with E-state index in [9.17, 15) is 0 Å². The van der Waals surface area contributed by atoms with Crippen LogP contribution in [0.2, 0.25) is 0 Å². The Morgan fingerprint density at radius 2 is 2.25 bits per heavy atom. The van der Waals surface area contributed by atoms with Gasteiger partial charge in [0.05, 0.1) is 7.11 Å². The summed E-state index contributed by atoms with van der Waals surface area (Å²) in [6.45, 7) is 2.73. The lowest BCUT2D eigenvalue weighted by atomic mass is 10.3. The van der Waals surface area contributed by atoms with Crippen LogP contribution in [-0.4, -0.2) is 41.1 Å². The number of methoxy groups -OCH3 is 1. The SMILES string of the molecule is COc1nccnc1CN1CC[C@@H](N)C1.Cl. The Labute approximate surface area is 101 Å². The molecule has 0 radical (unpaired) electrons. The molecular weight excluding hydrogens is 228 g/mol. The number of halogens is 1. The first-order valence-corrected chi connectivity index (χ1v) is 5.11. The van der Waals surface area contributed by atoms with Gasteiger partial charge in [-0.25, -0.2) is 4.98 Å². The van der Waals surface area contributed by atoms with E-state index in [2.05, 4.69) is 14.9 Å². The highest BCUT2D eigenvalue weighted by Crippen LogP contribution is 2.16. The number of aromatic nitrogens is 2. The molecule has 1 aromatic heterocycles. The zero-order valence-corrected chi connectivity index (χ0v) is 10.1. The maximum Gasteiger partial charge on any atom is 0.236 e. The van der Waals surface area contributed by atoms with Crippen LogP contribution in [0.4, 0.5) is 0 Å². The van der Waals surface area contributed by atoms with Crippen molar-refractivity contribution in [3.05, 3.63) is 18.1 Å². The minimum Gasteiger partial charge on any atom is -0.480 e. The first-order chi connectivity index (χ1) is 7.29. The van der Waals surface area contributed by atoms with Gasteiger partial charge in [0.2, 0.25) is 5.88 Å². The van der Waals surface area contributed by atoms with Gasteiger partial charge in [0.15, 0.2) is 0 Å². The van der Waals surface area contributed by atoms with Crippen LogP contribution in [0.25, 0.3) is 0 Å². The Balaban J connectivity index is 0.00000128. The van der Waals surface area contributed by atoms with Gasteiger partial charge in [0.25, 0.3) is 0 Å². The number of nitrogens with zero attached hydrogens (tertiary/aromatic N) is 3. The van der Waals surface area contributed by atoms with E-state index in [1.54, 1.807) is 19.5 Å². The molecule has 2 N–H and O–H groups in total. The zero-order valence-electron chi connectivity index (χ0n) is 9.30. The van der Waals surface area contributed by atoms with E-state index in [0.29, 0.717) is 11.9 Å². The molecule has 0 aliphatic carbocycles. The number of nitrogens with two attached hydrogens (primary N) is 1. The van der Waals surface area contributed by atoms with Crippen LogP contribution in [0.5, 0.6) is 5.88 Å². The molecule has 1 atom stereocenters. The van der Waals surface area contributed by atoms with Crippen LogP contribution in [0.3, 0.4) is 0 Å². The largest absolute Gasteiger partial charge is 0.480 e. The van der Waals surface area contributed by atoms with Crippen LogP contribution in [0, 0.1) is 0 Å². The van der Waals surface area contributed by atoms with Gasteiger partial charge in [-0.3, -0.25) is 9.88 Å². The van der Waals surface area contributed by atoms with Gasteiger partial charge >= 0.3 is 0 Å². The van der Waals surface area contributed by atoms with Crippen molar-refractivity contribution in [3.63, 3.8) is 0 Å². The molecular formula is C10H17ClN4O. The summed E-state index contributed by atoms with van der Waals surface area (Å²) in [6.07, 6.45) is 4.38. The second-order valence-corrected chi connectivity index (χ2v) is 3.80. The van der Waals surface area contributed by atoms with E-state index in [-0.39, 0.29) is 12.4 Å². The van der Waals surface area contributed by atoms with Crippen molar-refractivity contribution in [3.8, 4) is 5.88 Å². The van der Waals surface area contributed by atoms with E-state index >= 15 is 0 Å². The summed E-state index contributed by atoms with van der Waals surface area (Å²) in [5.41, 5.74) is 6.72. The van der Waals surface area contributed by atoms with Crippen molar-refractivity contribution >= 4 is 12.4 Å². The third-order valence-electron chi connectivity index (χ3n) is 2.61. The molecule has 1 saturated heterocycles. The molecule has 0 amide bonds. The average molecular weight is 245 g/mol. The fraction of sp³-hybridized carbons (Fsp3) is 0.600. The summed E-state index contributed by atoms with van der Waals surface area (Å²) in [5, 5.41) is 0. The van der Waals surface area contributed by atoms with Gasteiger partial charge in [0, 0.05) is 38.1 Å². The van der Waals surface area contributed by atoms with Crippen LogP contribution < -0.4 is 10.5 Å². The predicted octanol–water partition coefficient (Wildman–Crippen LogP) is 0.440. The number of ether oxygens (including phenoxy) is 1. The molecule has 1 fully saturated rings. The standard InChI is InChI=1S/C10H16N4O.ClH/c1-15-10-9(12-3-4-13-10)7-14-5-2-8(11)6-14;/h3-4,8H,2,5-7,11H2,1H3;1H/t8-;/m1./s1. The first-order valence-electron chi connectivity index (χ1n) is 5.11. The van der Waals surface area contributed by atoms with Gasteiger partial charge < -0.3 is 10.5 Å². The van der Waals surface area contributed by atoms with Crippen molar-refractivity contribution in [2.24, 2.45) is 5.73 Å².